The van der Waals surface area contributed by atoms with Crippen LogP contribution < -0.4 is 9.47 Å². The predicted molar refractivity (Wildman–Crippen MR) is 121 cm³/mol. The van der Waals surface area contributed by atoms with E-state index in [1.165, 1.54) is 46.3 Å². The number of benzene rings is 2. The highest BCUT2D eigenvalue weighted by molar-refractivity contribution is 8.00. The van der Waals surface area contributed by atoms with E-state index >= 15 is 0 Å². The second kappa shape index (κ2) is 8.57. The van der Waals surface area contributed by atoms with E-state index in [-0.39, 0.29) is 0 Å². The van der Waals surface area contributed by atoms with Crippen LogP contribution in [-0.2, 0) is 13.0 Å². The zero-order valence-electron chi connectivity index (χ0n) is 17.3. The summed E-state index contributed by atoms with van der Waals surface area (Å²) in [6, 6.07) is 20.0. The number of nitrogens with zero attached hydrogens (tertiary/aromatic N) is 2. The molecular weight excluding hydrogens is 360 g/mol. The van der Waals surface area contributed by atoms with Gasteiger partial charge in [0.05, 0.1) is 11.1 Å². The van der Waals surface area contributed by atoms with Crippen molar-refractivity contribution in [2.24, 2.45) is 5.92 Å². The molecule has 0 bridgehead atoms. The third kappa shape index (κ3) is 4.05. The van der Waals surface area contributed by atoms with Crippen LogP contribution in [0.3, 0.4) is 0 Å². The number of thioether (sulfide) groups is 1. The van der Waals surface area contributed by atoms with E-state index in [9.17, 15) is 0 Å². The minimum absolute atomic E-state index is 0.461. The summed E-state index contributed by atoms with van der Waals surface area (Å²) in [7, 11) is 2.23. The Bertz CT molecular complexity index is 950. The lowest BCUT2D eigenvalue weighted by molar-refractivity contribution is -0.671. The van der Waals surface area contributed by atoms with Crippen LogP contribution in [0.25, 0.3) is 10.9 Å². The molecule has 3 heteroatoms. The fourth-order valence-electron chi connectivity index (χ4n) is 4.15. The molecule has 1 aliphatic rings. The molecule has 2 heterocycles. The van der Waals surface area contributed by atoms with Crippen molar-refractivity contribution in [3.63, 3.8) is 0 Å². The molecule has 2 nitrogen and oxygen atoms in total. The molecule has 146 valence electrons. The molecule has 0 radical (unpaired) electrons. The Morgan fingerprint density at radius 2 is 1.79 bits per heavy atom. The summed E-state index contributed by atoms with van der Waals surface area (Å²) in [5.74, 6) is 0.800. The number of pyridine rings is 1. The number of para-hydroxylation sites is 2. The molecule has 3 aromatic rings. The number of unbranched alkanes of at least 4 members (excludes halogenated alkanes) is 1. The topological polar surface area (TPSA) is 7.12 Å². The van der Waals surface area contributed by atoms with Gasteiger partial charge in [0.2, 0.25) is 5.52 Å². The van der Waals surface area contributed by atoms with Crippen LogP contribution in [-0.4, -0.2) is 12.4 Å². The van der Waals surface area contributed by atoms with Crippen LogP contribution in [0.1, 0.15) is 38.7 Å². The minimum atomic E-state index is 0.461. The van der Waals surface area contributed by atoms with Gasteiger partial charge in [0, 0.05) is 42.3 Å². The number of likely N-dealkylation sites (N-methyl/N-ethyl adjacent to an activating group) is 1. The Balaban J connectivity index is 1.54. The second-order valence-electron chi connectivity index (χ2n) is 8.30. The van der Waals surface area contributed by atoms with E-state index in [0.29, 0.717) is 5.37 Å². The first-order chi connectivity index (χ1) is 13.6. The third-order valence-electron chi connectivity index (χ3n) is 5.78. The maximum absolute atomic E-state index is 2.44. The first kappa shape index (κ1) is 19.3. The summed E-state index contributed by atoms with van der Waals surface area (Å²) >= 11 is 1.99. The van der Waals surface area contributed by atoms with Gasteiger partial charge >= 0.3 is 0 Å². The van der Waals surface area contributed by atoms with Gasteiger partial charge in [-0.2, -0.15) is 4.57 Å². The second-order valence-corrected chi connectivity index (χ2v) is 9.52. The van der Waals surface area contributed by atoms with Crippen molar-refractivity contribution in [2.45, 2.75) is 56.3 Å². The van der Waals surface area contributed by atoms with Crippen LogP contribution in [0, 0.1) is 5.92 Å². The van der Waals surface area contributed by atoms with Crippen LogP contribution in [0.5, 0.6) is 0 Å². The van der Waals surface area contributed by atoms with Crippen molar-refractivity contribution in [3.8, 4) is 0 Å². The van der Waals surface area contributed by atoms with Gasteiger partial charge in [0.15, 0.2) is 6.20 Å². The van der Waals surface area contributed by atoms with E-state index in [4.69, 9.17) is 0 Å². The number of hydrogen-bond donors (Lipinski definition) is 0. The minimum Gasteiger partial charge on any atom is -0.361 e. The molecule has 0 saturated heterocycles. The lowest BCUT2D eigenvalue weighted by Crippen LogP contribution is -2.35. The summed E-state index contributed by atoms with van der Waals surface area (Å²) < 4.78 is 2.44. The number of aryl methyl sites for hydroxylation is 1. The van der Waals surface area contributed by atoms with Crippen molar-refractivity contribution in [1.29, 1.82) is 0 Å². The molecule has 0 aliphatic carbocycles. The van der Waals surface area contributed by atoms with Crippen molar-refractivity contribution in [2.75, 3.05) is 11.9 Å². The standard InChI is InChI=1S/C25H31N2S/c1-19(2)10-8-9-16-27-17-15-20(21-11-4-5-12-22(21)27)18-25-26(3)23-13-6-7-14-24(23)28-25/h4-7,11-15,17,19,25H,8-10,16,18H2,1-3H3/q+1. The predicted octanol–water partition coefficient (Wildman–Crippen LogP) is 6.06. The third-order valence-corrected chi connectivity index (χ3v) is 7.13. The Morgan fingerprint density at radius 3 is 2.61 bits per heavy atom. The van der Waals surface area contributed by atoms with Crippen molar-refractivity contribution >= 4 is 28.4 Å². The molecule has 1 atom stereocenters. The zero-order valence-corrected chi connectivity index (χ0v) is 18.1. The molecule has 0 saturated carbocycles. The van der Waals surface area contributed by atoms with Gasteiger partial charge in [-0.05, 0) is 36.1 Å². The maximum Gasteiger partial charge on any atom is 0.212 e. The molecule has 4 rings (SSSR count). The first-order valence-corrected chi connectivity index (χ1v) is 11.4. The summed E-state index contributed by atoms with van der Waals surface area (Å²) in [4.78, 5) is 3.83. The molecule has 1 aromatic heterocycles. The van der Waals surface area contributed by atoms with Crippen LogP contribution in [0.4, 0.5) is 5.69 Å². The molecule has 1 unspecified atom stereocenters. The molecule has 0 spiro atoms. The number of hydrogen-bond acceptors (Lipinski definition) is 2. The van der Waals surface area contributed by atoms with Crippen LogP contribution >= 0.6 is 11.8 Å². The summed E-state index contributed by atoms with van der Waals surface area (Å²) in [5, 5.41) is 1.86. The summed E-state index contributed by atoms with van der Waals surface area (Å²) in [6.07, 6.45) is 7.25. The molecule has 28 heavy (non-hydrogen) atoms. The monoisotopic (exact) mass is 391 g/mol. The van der Waals surface area contributed by atoms with Gasteiger partial charge in [-0.1, -0.05) is 56.3 Å². The Kier molecular flexibility index (Phi) is 5.91. The molecule has 0 fully saturated rings. The van der Waals surface area contributed by atoms with E-state index in [2.05, 4.69) is 91.2 Å². The summed E-state index contributed by atoms with van der Waals surface area (Å²) in [6.45, 7) is 5.73. The molecule has 0 N–H and O–H groups in total. The molecule has 2 aromatic carbocycles. The Labute approximate surface area is 173 Å². The Morgan fingerprint density at radius 1 is 1.00 bits per heavy atom. The fraction of sp³-hybridized carbons (Fsp3) is 0.400. The van der Waals surface area contributed by atoms with E-state index in [1.807, 2.05) is 11.8 Å². The van der Waals surface area contributed by atoms with Crippen LogP contribution in [0.15, 0.2) is 65.7 Å². The molecule has 0 amide bonds. The largest absolute Gasteiger partial charge is 0.361 e. The van der Waals surface area contributed by atoms with Gasteiger partial charge in [0.25, 0.3) is 0 Å². The number of aromatic nitrogens is 1. The summed E-state index contributed by atoms with van der Waals surface area (Å²) in [5.41, 5.74) is 4.18. The lowest BCUT2D eigenvalue weighted by Gasteiger charge is -2.22. The SMILES string of the molecule is CC(C)CCCC[n+]1ccc(CC2Sc3ccccc3N2C)c2ccccc21. The number of fused-ring (bicyclic) bond motifs is 2. The Hall–Kier alpha value is -2.00. The van der Waals surface area contributed by atoms with Gasteiger partial charge in [-0.3, -0.25) is 0 Å². The van der Waals surface area contributed by atoms with E-state index in [1.54, 1.807) is 0 Å². The average molecular weight is 392 g/mol. The van der Waals surface area contributed by atoms with E-state index < -0.39 is 0 Å². The van der Waals surface area contributed by atoms with Crippen molar-refractivity contribution in [1.82, 2.24) is 0 Å². The normalized spacial score (nSPS) is 16.1. The highest BCUT2D eigenvalue weighted by Crippen LogP contribution is 2.43. The first-order valence-electron chi connectivity index (χ1n) is 10.5. The van der Waals surface area contributed by atoms with Crippen LogP contribution in [0.2, 0.25) is 0 Å². The number of anilines is 1. The van der Waals surface area contributed by atoms with E-state index in [0.717, 1.165) is 18.9 Å². The highest BCUT2D eigenvalue weighted by Gasteiger charge is 2.28. The smallest absolute Gasteiger partial charge is 0.212 e. The number of rotatable bonds is 7. The fourth-order valence-corrected chi connectivity index (χ4v) is 5.47. The average Bonchev–Trinajstić information content (AvgIpc) is 3.02. The zero-order chi connectivity index (χ0) is 19.5. The van der Waals surface area contributed by atoms with Gasteiger partial charge in [-0.15, -0.1) is 0 Å². The quantitative estimate of drug-likeness (QED) is 0.357. The van der Waals surface area contributed by atoms with Gasteiger partial charge in [0.1, 0.15) is 6.54 Å². The molecule has 1 aliphatic heterocycles. The van der Waals surface area contributed by atoms with Gasteiger partial charge < -0.3 is 4.90 Å². The molecular formula is C25H31N2S+. The maximum atomic E-state index is 2.44. The highest BCUT2D eigenvalue weighted by atomic mass is 32.2. The van der Waals surface area contributed by atoms with Gasteiger partial charge in [-0.25, -0.2) is 0 Å². The van der Waals surface area contributed by atoms with Crippen molar-refractivity contribution < 1.29 is 4.57 Å². The lowest BCUT2D eigenvalue weighted by atomic mass is 10.0. The van der Waals surface area contributed by atoms with Crippen molar-refractivity contribution in [3.05, 3.63) is 66.4 Å².